The summed E-state index contributed by atoms with van der Waals surface area (Å²) in [5, 5.41) is 2.61. The summed E-state index contributed by atoms with van der Waals surface area (Å²) in [7, 11) is -3.82. The molecule has 0 unspecified atom stereocenters. The van der Waals surface area contributed by atoms with Crippen LogP contribution in [0.5, 0.6) is 0 Å². The first-order valence-corrected chi connectivity index (χ1v) is 9.14. The Kier molecular flexibility index (Phi) is 5.52. The molecule has 0 spiro atoms. The van der Waals surface area contributed by atoms with Crippen molar-refractivity contribution in [1.82, 2.24) is 0 Å². The van der Waals surface area contributed by atoms with Gasteiger partial charge in [-0.3, -0.25) is 4.79 Å². The smallest absolute Gasteiger partial charge is 0.225 e. The topological polar surface area (TPSA) is 63.2 Å². The van der Waals surface area contributed by atoms with E-state index in [0.29, 0.717) is 5.69 Å². The lowest BCUT2D eigenvalue weighted by Crippen LogP contribution is -2.18. The highest BCUT2D eigenvalue weighted by Gasteiger charge is 2.20. The van der Waals surface area contributed by atoms with Crippen LogP contribution in [0.1, 0.15) is 6.42 Å². The van der Waals surface area contributed by atoms with Crippen molar-refractivity contribution in [1.29, 1.82) is 0 Å². The van der Waals surface area contributed by atoms with Crippen LogP contribution in [0.15, 0.2) is 53.4 Å². The molecule has 0 aliphatic heterocycles. The zero-order valence-electron chi connectivity index (χ0n) is 11.4. The Labute approximate surface area is 141 Å². The number of rotatable bonds is 5. The molecule has 2 aromatic rings. The maximum Gasteiger partial charge on any atom is 0.225 e. The lowest BCUT2D eigenvalue weighted by molar-refractivity contribution is -0.115. The Balaban J connectivity index is 1.98. The number of carbonyl (C=O) groups excluding carboxylic acids is 1. The van der Waals surface area contributed by atoms with Crippen LogP contribution in [-0.2, 0) is 14.6 Å². The Hall–Kier alpha value is -1.48. The highest BCUT2D eigenvalue weighted by atomic mass is 127. The molecule has 2 aromatic carbocycles. The predicted molar refractivity (Wildman–Crippen MR) is 90.9 cm³/mol. The third kappa shape index (κ3) is 4.51. The molecule has 22 heavy (non-hydrogen) atoms. The van der Waals surface area contributed by atoms with Crippen LogP contribution in [0.25, 0.3) is 0 Å². The van der Waals surface area contributed by atoms with Gasteiger partial charge in [-0.2, -0.15) is 0 Å². The lowest BCUT2D eigenvalue weighted by Gasteiger charge is -2.07. The molecule has 1 amide bonds. The molecule has 1 N–H and O–H groups in total. The molecule has 4 nitrogen and oxygen atoms in total. The van der Waals surface area contributed by atoms with Gasteiger partial charge in [0.25, 0.3) is 0 Å². The Morgan fingerprint density at radius 3 is 2.36 bits per heavy atom. The number of sulfone groups is 1. The number of anilines is 1. The molecule has 0 aromatic heterocycles. The molecule has 0 aliphatic rings. The average molecular weight is 433 g/mol. The molecule has 0 heterocycles. The summed E-state index contributed by atoms with van der Waals surface area (Å²) >= 11 is 2.14. The molecular formula is C15H13FINO3S. The normalized spacial score (nSPS) is 11.2. The van der Waals surface area contributed by atoms with Crippen molar-refractivity contribution in [3.8, 4) is 0 Å². The van der Waals surface area contributed by atoms with E-state index >= 15 is 0 Å². The number of carbonyl (C=O) groups is 1. The standard InChI is InChI=1S/C15H13FINO3S/c16-13-3-1-2-4-14(13)22(20,21)10-9-15(19)18-12-7-5-11(17)6-8-12/h1-8H,9-10H2,(H,18,19). The van der Waals surface area contributed by atoms with Crippen LogP contribution in [-0.4, -0.2) is 20.1 Å². The van der Waals surface area contributed by atoms with Crippen LogP contribution >= 0.6 is 22.6 Å². The van der Waals surface area contributed by atoms with E-state index in [-0.39, 0.29) is 11.3 Å². The van der Waals surface area contributed by atoms with E-state index in [1.54, 1.807) is 12.1 Å². The number of hydrogen-bond acceptors (Lipinski definition) is 3. The van der Waals surface area contributed by atoms with Crippen LogP contribution in [0.2, 0.25) is 0 Å². The van der Waals surface area contributed by atoms with Gasteiger partial charge in [0.05, 0.1) is 5.75 Å². The van der Waals surface area contributed by atoms with Gasteiger partial charge in [-0.25, -0.2) is 12.8 Å². The molecule has 0 saturated carbocycles. The summed E-state index contributed by atoms with van der Waals surface area (Å²) in [6, 6.07) is 12.2. The summed E-state index contributed by atoms with van der Waals surface area (Å²) in [4.78, 5) is 11.4. The zero-order chi connectivity index (χ0) is 16.2. The van der Waals surface area contributed by atoms with Crippen LogP contribution in [0.4, 0.5) is 10.1 Å². The van der Waals surface area contributed by atoms with Gasteiger partial charge in [-0.05, 0) is 59.0 Å². The average Bonchev–Trinajstić information content (AvgIpc) is 2.48. The predicted octanol–water partition coefficient (Wildman–Crippen LogP) is 3.23. The molecule has 0 saturated heterocycles. The minimum atomic E-state index is -3.82. The van der Waals surface area contributed by atoms with Crippen molar-refractivity contribution in [2.24, 2.45) is 0 Å². The van der Waals surface area contributed by atoms with E-state index in [4.69, 9.17) is 0 Å². The lowest BCUT2D eigenvalue weighted by atomic mass is 10.3. The Morgan fingerprint density at radius 2 is 1.73 bits per heavy atom. The third-order valence-electron chi connectivity index (χ3n) is 2.90. The van der Waals surface area contributed by atoms with Crippen molar-refractivity contribution in [3.05, 3.63) is 57.9 Å². The van der Waals surface area contributed by atoms with Crippen LogP contribution in [0.3, 0.4) is 0 Å². The van der Waals surface area contributed by atoms with Crippen molar-refractivity contribution in [2.75, 3.05) is 11.1 Å². The van der Waals surface area contributed by atoms with Crippen molar-refractivity contribution >= 4 is 44.0 Å². The largest absolute Gasteiger partial charge is 0.326 e. The van der Waals surface area contributed by atoms with Gasteiger partial charge in [0.15, 0.2) is 9.84 Å². The summed E-state index contributed by atoms with van der Waals surface area (Å²) in [6.07, 6.45) is -0.233. The molecule has 0 aliphatic carbocycles. The van der Waals surface area contributed by atoms with Crippen molar-refractivity contribution < 1.29 is 17.6 Å². The highest BCUT2D eigenvalue weighted by molar-refractivity contribution is 14.1. The van der Waals surface area contributed by atoms with E-state index in [2.05, 4.69) is 27.9 Å². The van der Waals surface area contributed by atoms with E-state index in [9.17, 15) is 17.6 Å². The maximum atomic E-state index is 13.5. The second kappa shape index (κ2) is 7.19. The van der Waals surface area contributed by atoms with Gasteiger partial charge in [0, 0.05) is 15.7 Å². The highest BCUT2D eigenvalue weighted by Crippen LogP contribution is 2.16. The Bertz CT molecular complexity index is 776. The molecular weight excluding hydrogens is 420 g/mol. The first-order chi connectivity index (χ1) is 10.4. The summed E-state index contributed by atoms with van der Waals surface area (Å²) in [5.41, 5.74) is 0.591. The molecule has 0 bridgehead atoms. The quantitative estimate of drug-likeness (QED) is 0.737. The number of hydrogen-bond donors (Lipinski definition) is 1. The van der Waals surface area contributed by atoms with Crippen LogP contribution in [0, 0.1) is 9.39 Å². The summed E-state index contributed by atoms with van der Waals surface area (Å²) in [5.74, 6) is -1.67. The van der Waals surface area contributed by atoms with Gasteiger partial charge in [-0.15, -0.1) is 0 Å². The molecule has 2 rings (SSSR count). The first kappa shape index (κ1) is 16.9. The van der Waals surface area contributed by atoms with Gasteiger partial charge >= 0.3 is 0 Å². The fourth-order valence-electron chi connectivity index (χ4n) is 1.79. The van der Waals surface area contributed by atoms with Gasteiger partial charge < -0.3 is 5.32 Å². The monoisotopic (exact) mass is 433 g/mol. The van der Waals surface area contributed by atoms with Gasteiger partial charge in [-0.1, -0.05) is 12.1 Å². The third-order valence-corrected chi connectivity index (χ3v) is 5.36. The number of benzene rings is 2. The zero-order valence-corrected chi connectivity index (χ0v) is 14.4. The van der Waals surface area contributed by atoms with Gasteiger partial charge in [0.2, 0.25) is 5.91 Å². The molecule has 7 heteroatoms. The van der Waals surface area contributed by atoms with Crippen molar-refractivity contribution in [2.45, 2.75) is 11.3 Å². The summed E-state index contributed by atoms with van der Waals surface area (Å²) < 4.78 is 38.6. The number of nitrogens with one attached hydrogen (secondary N) is 1. The second-order valence-electron chi connectivity index (χ2n) is 4.55. The molecule has 0 atom stereocenters. The van der Waals surface area contributed by atoms with E-state index in [1.165, 1.54) is 18.2 Å². The maximum absolute atomic E-state index is 13.5. The van der Waals surface area contributed by atoms with Crippen molar-refractivity contribution in [3.63, 3.8) is 0 Å². The first-order valence-electron chi connectivity index (χ1n) is 6.41. The fraction of sp³-hybridized carbons (Fsp3) is 0.133. The fourth-order valence-corrected chi connectivity index (χ4v) is 3.48. The molecule has 0 radical (unpaired) electrons. The second-order valence-corrected chi connectivity index (χ2v) is 7.88. The van der Waals surface area contributed by atoms with Gasteiger partial charge in [0.1, 0.15) is 10.7 Å². The number of amides is 1. The minimum Gasteiger partial charge on any atom is -0.326 e. The SMILES string of the molecule is O=C(CCS(=O)(=O)c1ccccc1F)Nc1ccc(I)cc1. The summed E-state index contributed by atoms with van der Waals surface area (Å²) in [6.45, 7) is 0. The number of halogens is 2. The minimum absolute atomic E-state index is 0.233. The van der Waals surface area contributed by atoms with Crippen LogP contribution < -0.4 is 5.32 Å². The molecule has 116 valence electrons. The van der Waals surface area contributed by atoms with E-state index in [1.807, 2.05) is 12.1 Å². The van der Waals surface area contributed by atoms with E-state index in [0.717, 1.165) is 9.64 Å². The van der Waals surface area contributed by atoms with E-state index < -0.39 is 27.3 Å². The molecule has 0 fully saturated rings. The Morgan fingerprint density at radius 1 is 1.09 bits per heavy atom.